The standard InChI is InChI=1S/C25H23ClN2O3S/c1-25(2,29)24-16-23(28(27-24)22-7-5-4-6-21(22)26)19-10-8-17(9-11-19)18-12-14-20(15-13-18)32(3,30)31/h4-16,29H,1-3H3. The third-order valence-electron chi connectivity index (χ3n) is 5.21. The minimum absolute atomic E-state index is 0.292. The molecule has 0 saturated heterocycles. The van der Waals surface area contributed by atoms with E-state index in [9.17, 15) is 13.5 Å². The lowest BCUT2D eigenvalue weighted by Crippen LogP contribution is -2.16. The van der Waals surface area contributed by atoms with Gasteiger partial charge in [0, 0.05) is 11.8 Å². The van der Waals surface area contributed by atoms with Gasteiger partial charge in [-0.3, -0.25) is 0 Å². The normalized spacial score (nSPS) is 12.2. The second kappa shape index (κ2) is 8.20. The molecule has 3 aromatic carbocycles. The van der Waals surface area contributed by atoms with Crippen molar-refractivity contribution in [1.29, 1.82) is 0 Å². The molecule has 0 aliphatic heterocycles. The molecule has 0 amide bonds. The number of hydrogen-bond donors (Lipinski definition) is 1. The van der Waals surface area contributed by atoms with E-state index in [1.54, 1.807) is 48.9 Å². The minimum Gasteiger partial charge on any atom is -0.384 e. The van der Waals surface area contributed by atoms with Gasteiger partial charge in [0.1, 0.15) is 5.60 Å². The molecule has 1 N–H and O–H groups in total. The van der Waals surface area contributed by atoms with Gasteiger partial charge in [0.25, 0.3) is 0 Å². The molecule has 0 saturated carbocycles. The number of benzene rings is 3. The summed E-state index contributed by atoms with van der Waals surface area (Å²) < 4.78 is 25.1. The number of aliphatic hydroxyl groups is 1. The molecule has 7 heteroatoms. The highest BCUT2D eigenvalue weighted by Crippen LogP contribution is 2.32. The maximum Gasteiger partial charge on any atom is 0.175 e. The van der Waals surface area contributed by atoms with E-state index >= 15 is 0 Å². The van der Waals surface area contributed by atoms with Crippen LogP contribution in [-0.2, 0) is 15.4 Å². The van der Waals surface area contributed by atoms with E-state index in [1.807, 2.05) is 48.5 Å². The van der Waals surface area contributed by atoms with E-state index in [2.05, 4.69) is 5.10 Å². The first-order valence-corrected chi connectivity index (χ1v) is 12.3. The molecule has 0 atom stereocenters. The summed E-state index contributed by atoms with van der Waals surface area (Å²) in [6.07, 6.45) is 1.20. The highest BCUT2D eigenvalue weighted by atomic mass is 35.5. The smallest absolute Gasteiger partial charge is 0.175 e. The second-order valence-corrected chi connectivity index (χ2v) is 10.6. The van der Waals surface area contributed by atoms with Gasteiger partial charge in [-0.25, -0.2) is 13.1 Å². The molecular weight excluding hydrogens is 444 g/mol. The van der Waals surface area contributed by atoms with E-state index in [-0.39, 0.29) is 0 Å². The monoisotopic (exact) mass is 466 g/mol. The fourth-order valence-corrected chi connectivity index (χ4v) is 4.27. The quantitative estimate of drug-likeness (QED) is 0.422. The summed E-state index contributed by atoms with van der Waals surface area (Å²) in [7, 11) is -3.23. The summed E-state index contributed by atoms with van der Waals surface area (Å²) in [4.78, 5) is 0.292. The van der Waals surface area contributed by atoms with Crippen molar-refractivity contribution >= 4 is 21.4 Å². The average molecular weight is 467 g/mol. The molecule has 0 unspecified atom stereocenters. The molecule has 164 valence electrons. The largest absolute Gasteiger partial charge is 0.384 e. The van der Waals surface area contributed by atoms with Crippen LogP contribution >= 0.6 is 11.6 Å². The Balaban J connectivity index is 1.76. The van der Waals surface area contributed by atoms with Crippen LogP contribution in [-0.4, -0.2) is 29.6 Å². The predicted molar refractivity (Wildman–Crippen MR) is 128 cm³/mol. The molecule has 4 aromatic rings. The van der Waals surface area contributed by atoms with Crippen LogP contribution in [0.4, 0.5) is 0 Å². The van der Waals surface area contributed by atoms with E-state index in [0.29, 0.717) is 15.6 Å². The molecule has 1 aromatic heterocycles. The predicted octanol–water partition coefficient (Wildman–Crippen LogP) is 5.49. The number of aromatic nitrogens is 2. The van der Waals surface area contributed by atoms with Crippen molar-refractivity contribution in [3.05, 3.63) is 89.6 Å². The zero-order valence-electron chi connectivity index (χ0n) is 17.9. The summed E-state index contributed by atoms with van der Waals surface area (Å²) in [5.74, 6) is 0. The second-order valence-electron chi connectivity index (χ2n) is 8.21. The van der Waals surface area contributed by atoms with Gasteiger partial charge in [0.15, 0.2) is 9.84 Å². The molecule has 32 heavy (non-hydrogen) atoms. The highest BCUT2D eigenvalue weighted by Gasteiger charge is 2.23. The van der Waals surface area contributed by atoms with Gasteiger partial charge in [-0.2, -0.15) is 5.10 Å². The lowest BCUT2D eigenvalue weighted by Gasteiger charge is -2.13. The van der Waals surface area contributed by atoms with Crippen molar-refractivity contribution in [2.24, 2.45) is 0 Å². The van der Waals surface area contributed by atoms with Crippen LogP contribution in [0.5, 0.6) is 0 Å². The molecule has 4 rings (SSSR count). The van der Waals surface area contributed by atoms with Crippen LogP contribution in [0.15, 0.2) is 83.8 Å². The fraction of sp³-hybridized carbons (Fsp3) is 0.160. The van der Waals surface area contributed by atoms with Gasteiger partial charge in [-0.15, -0.1) is 0 Å². The first kappa shape index (κ1) is 22.3. The van der Waals surface area contributed by atoms with Crippen molar-refractivity contribution in [3.63, 3.8) is 0 Å². The van der Waals surface area contributed by atoms with Crippen molar-refractivity contribution in [1.82, 2.24) is 9.78 Å². The Labute approximate surface area is 192 Å². The summed E-state index contributed by atoms with van der Waals surface area (Å²) in [5.41, 5.74) is 3.73. The number of sulfone groups is 1. The molecule has 0 aliphatic rings. The number of hydrogen-bond acceptors (Lipinski definition) is 4. The molecule has 0 spiro atoms. The van der Waals surface area contributed by atoms with Gasteiger partial charge in [-0.05, 0) is 55.3 Å². The number of nitrogens with zero attached hydrogens (tertiary/aromatic N) is 2. The minimum atomic E-state index is -3.23. The molecule has 1 heterocycles. The Bertz CT molecular complexity index is 1370. The Morgan fingerprint density at radius 2 is 1.41 bits per heavy atom. The number of halogens is 1. The Hall–Kier alpha value is -2.93. The number of rotatable bonds is 5. The fourth-order valence-electron chi connectivity index (χ4n) is 3.42. The SMILES string of the molecule is CC(C)(O)c1cc(-c2ccc(-c3ccc(S(C)(=O)=O)cc3)cc2)n(-c2ccccc2Cl)n1. The molecule has 0 bridgehead atoms. The van der Waals surface area contributed by atoms with Crippen molar-refractivity contribution in [2.45, 2.75) is 24.3 Å². The lowest BCUT2D eigenvalue weighted by molar-refractivity contribution is 0.0734. The van der Waals surface area contributed by atoms with Gasteiger partial charge in [-0.1, -0.05) is 60.1 Å². The zero-order valence-corrected chi connectivity index (χ0v) is 19.5. The van der Waals surface area contributed by atoms with Gasteiger partial charge in [0.2, 0.25) is 0 Å². The van der Waals surface area contributed by atoms with Crippen LogP contribution in [0, 0.1) is 0 Å². The van der Waals surface area contributed by atoms with E-state index in [1.165, 1.54) is 6.26 Å². The van der Waals surface area contributed by atoms with E-state index in [4.69, 9.17) is 11.6 Å². The summed E-state index contributed by atoms with van der Waals surface area (Å²) in [6.45, 7) is 3.39. The maximum absolute atomic E-state index is 11.7. The molecule has 0 radical (unpaired) electrons. The van der Waals surface area contributed by atoms with E-state index in [0.717, 1.165) is 28.1 Å². The summed E-state index contributed by atoms with van der Waals surface area (Å²) in [6, 6.07) is 24.0. The van der Waals surface area contributed by atoms with Crippen LogP contribution < -0.4 is 0 Å². The molecule has 0 fully saturated rings. The van der Waals surface area contributed by atoms with Crippen LogP contribution in [0.3, 0.4) is 0 Å². The van der Waals surface area contributed by atoms with E-state index < -0.39 is 15.4 Å². The first-order valence-electron chi connectivity index (χ1n) is 10.0. The van der Waals surface area contributed by atoms with Gasteiger partial charge in [0.05, 0.1) is 27.0 Å². The Kier molecular flexibility index (Phi) is 5.71. The molecular formula is C25H23ClN2O3S. The lowest BCUT2D eigenvalue weighted by atomic mass is 10.0. The topological polar surface area (TPSA) is 72.2 Å². The third kappa shape index (κ3) is 4.48. The summed E-state index contributed by atoms with van der Waals surface area (Å²) in [5, 5.41) is 15.7. The summed E-state index contributed by atoms with van der Waals surface area (Å²) >= 11 is 6.43. The Morgan fingerprint density at radius 1 is 0.875 bits per heavy atom. The molecule has 0 aliphatic carbocycles. The third-order valence-corrected chi connectivity index (χ3v) is 6.66. The zero-order chi connectivity index (χ0) is 23.1. The first-order chi connectivity index (χ1) is 15.0. The van der Waals surface area contributed by atoms with Crippen molar-refractivity contribution in [3.8, 4) is 28.1 Å². The molecule has 5 nitrogen and oxygen atoms in total. The highest BCUT2D eigenvalue weighted by molar-refractivity contribution is 7.90. The van der Waals surface area contributed by atoms with Gasteiger partial charge >= 0.3 is 0 Å². The van der Waals surface area contributed by atoms with Crippen molar-refractivity contribution < 1.29 is 13.5 Å². The van der Waals surface area contributed by atoms with Crippen molar-refractivity contribution in [2.75, 3.05) is 6.26 Å². The maximum atomic E-state index is 11.7. The van der Waals surface area contributed by atoms with Crippen LogP contribution in [0.25, 0.3) is 28.1 Å². The van der Waals surface area contributed by atoms with Crippen LogP contribution in [0.2, 0.25) is 5.02 Å². The van der Waals surface area contributed by atoms with Gasteiger partial charge < -0.3 is 5.11 Å². The average Bonchev–Trinajstić information content (AvgIpc) is 3.19. The van der Waals surface area contributed by atoms with Crippen LogP contribution in [0.1, 0.15) is 19.5 Å². The Morgan fingerprint density at radius 3 is 1.94 bits per heavy atom. The number of para-hydroxylation sites is 1.